The number of hydrogen-bond acceptors (Lipinski definition) is 23. The van der Waals surface area contributed by atoms with E-state index < -0.39 is 0 Å². The van der Waals surface area contributed by atoms with Gasteiger partial charge in [0.25, 0.3) is 0 Å². The molecule has 0 spiro atoms. The monoisotopic (exact) mass is 1700 g/mol. The lowest BCUT2D eigenvalue weighted by Crippen LogP contribution is -2.31. The van der Waals surface area contributed by atoms with Crippen molar-refractivity contribution >= 4 is 66.7 Å². The lowest BCUT2D eigenvalue weighted by atomic mass is 9.89. The Morgan fingerprint density at radius 3 is 1.18 bits per heavy atom. The lowest BCUT2D eigenvalue weighted by molar-refractivity contribution is -0.118. The predicted octanol–water partition coefficient (Wildman–Crippen LogP) is 16.0. The van der Waals surface area contributed by atoms with E-state index in [1.807, 2.05) is 143 Å². The van der Waals surface area contributed by atoms with E-state index in [1.54, 1.807) is 25.8 Å². The van der Waals surface area contributed by atoms with Crippen LogP contribution in [0, 0.1) is 30.6 Å². The zero-order chi connectivity index (χ0) is 87.4. The van der Waals surface area contributed by atoms with Gasteiger partial charge in [-0.1, -0.05) is 24.3 Å². The van der Waals surface area contributed by atoms with E-state index in [1.165, 1.54) is 18.4 Å². The van der Waals surface area contributed by atoms with Crippen LogP contribution in [-0.2, 0) is 52.1 Å². The van der Waals surface area contributed by atoms with Gasteiger partial charge in [0.1, 0.15) is 47.5 Å². The molecule has 7 fully saturated rings. The Kier molecular flexibility index (Phi) is 26.7. The summed E-state index contributed by atoms with van der Waals surface area (Å²) >= 11 is 0. The van der Waals surface area contributed by atoms with E-state index in [2.05, 4.69) is 102 Å². The Bertz CT molecular complexity index is 5840. The van der Waals surface area contributed by atoms with Gasteiger partial charge in [-0.15, -0.1) is 0 Å². The van der Waals surface area contributed by atoms with Crippen LogP contribution in [-0.4, -0.2) is 203 Å². The number of nitrogens with zero attached hydrogens (tertiary/aromatic N) is 18. The molecule has 3 aliphatic heterocycles. The van der Waals surface area contributed by atoms with Gasteiger partial charge in [0, 0.05) is 176 Å². The molecule has 0 radical (unpaired) electrons. The van der Waals surface area contributed by atoms with E-state index in [0.717, 1.165) is 185 Å². The second kappa shape index (κ2) is 38.3. The van der Waals surface area contributed by atoms with Crippen molar-refractivity contribution in [1.29, 1.82) is 0 Å². The fraction of sp³-hybridized carbons (Fsp3) is 0.521. The molecule has 29 nitrogen and oxygen atoms in total. The van der Waals surface area contributed by atoms with Crippen molar-refractivity contribution in [3.63, 3.8) is 0 Å². The van der Waals surface area contributed by atoms with Crippen molar-refractivity contribution in [1.82, 2.24) is 88.4 Å². The molecule has 2 aromatic carbocycles. The van der Waals surface area contributed by atoms with Crippen LogP contribution in [0.5, 0.6) is 35.0 Å². The smallest absolute Gasteiger partial charge is 0.225 e. The number of hydrogen-bond donors (Lipinski definition) is 0. The van der Waals surface area contributed by atoms with Gasteiger partial charge in [0.2, 0.25) is 23.5 Å². The standard InChI is InChI=1S/C26H32N4O2.C24H29N3O4.C23H30N6O2.C23H29N5O3/c1-17(21-8-9-22(31)14-21)32-26-23-16-30(3)28-25(23)15-24(27-26)20-6-4-18(5-7-20)19-10-12-29(2)13-11-19;1-14(2)30-22-9-7-17(11-23(22)29-5)20-12-21-19(13-27(4)26-21)24(25-20)31-15(3)16-6-8-18(28)10-16;1-15(16-4-5-19(30)10-16)31-23-20-14-28(3)26-22(20)11-21(25-23)17-12-24-29(13-17)18-6-8-27(2)9-7-18;1-14-19(13-28(25-14)17-6-8-30-9-7-17)21-11-22-20(12-27(3)26-22)23(24-21)31-15(2)16-4-5-18(29)10-16/h4-7,15-17,19,21H,8-14H2,1-3H3;7,9,11-16H,6,8,10H2,1-5H3;11-16,18H,4-10H2,1-3H3;11-13,15-17H,4-10H2,1-3H3/t17-,21+;3*15-,16+/m1111/s1. The molecule has 660 valence electrons. The molecule has 0 bridgehead atoms. The van der Waals surface area contributed by atoms with Gasteiger partial charge in [-0.2, -0.15) is 30.6 Å². The Balaban J connectivity index is 0.000000123. The second-order valence-corrected chi connectivity index (χ2v) is 36.1. The van der Waals surface area contributed by atoms with Crippen LogP contribution in [0.25, 0.3) is 88.6 Å². The molecule has 3 saturated heterocycles. The van der Waals surface area contributed by atoms with Crippen molar-refractivity contribution in [3.8, 4) is 80.0 Å². The third-order valence-electron chi connectivity index (χ3n) is 26.2. The van der Waals surface area contributed by atoms with Crippen LogP contribution in [0.4, 0.5) is 0 Å². The summed E-state index contributed by atoms with van der Waals surface area (Å²) in [6.07, 6.45) is 28.7. The maximum absolute atomic E-state index is 11.7. The summed E-state index contributed by atoms with van der Waals surface area (Å²) in [7, 11) is 13.6. The molecule has 12 aromatic rings. The molecule has 13 heterocycles. The van der Waals surface area contributed by atoms with Gasteiger partial charge in [-0.05, 0) is 207 Å². The summed E-state index contributed by atoms with van der Waals surface area (Å²) < 4.78 is 53.4. The molecular formula is C96H120N18O11. The predicted molar refractivity (Wildman–Crippen MR) is 478 cm³/mol. The fourth-order valence-electron chi connectivity index (χ4n) is 18.7. The highest BCUT2D eigenvalue weighted by molar-refractivity contribution is 5.91. The number of aromatic nitrogens is 16. The summed E-state index contributed by atoms with van der Waals surface area (Å²) in [4.78, 5) is 71.2. The molecule has 10 aromatic heterocycles. The topological polar surface area (TPSA) is 298 Å². The first kappa shape index (κ1) is 87.2. The molecule has 0 N–H and O–H groups in total. The van der Waals surface area contributed by atoms with Gasteiger partial charge in [0.15, 0.2) is 11.5 Å². The van der Waals surface area contributed by atoms with Crippen molar-refractivity contribution < 1.29 is 52.3 Å². The Morgan fingerprint density at radius 1 is 0.392 bits per heavy atom. The number of methoxy groups -OCH3 is 1. The van der Waals surface area contributed by atoms with Crippen molar-refractivity contribution in [3.05, 3.63) is 121 Å². The third-order valence-corrected chi connectivity index (χ3v) is 26.2. The van der Waals surface area contributed by atoms with Crippen LogP contribution in [0.2, 0.25) is 0 Å². The molecular weight excluding hydrogens is 1580 g/mol. The molecule has 29 heteroatoms. The van der Waals surface area contributed by atoms with Gasteiger partial charge < -0.3 is 43.0 Å². The maximum Gasteiger partial charge on any atom is 0.225 e. The number of aryl methyl sites for hydroxylation is 5. The summed E-state index contributed by atoms with van der Waals surface area (Å²) in [6.45, 7) is 20.2. The minimum atomic E-state index is -0.103. The van der Waals surface area contributed by atoms with E-state index in [9.17, 15) is 19.2 Å². The molecule has 8 atom stereocenters. The first-order valence-electron chi connectivity index (χ1n) is 44.9. The fourth-order valence-corrected chi connectivity index (χ4v) is 18.7. The van der Waals surface area contributed by atoms with Gasteiger partial charge >= 0.3 is 0 Å². The largest absolute Gasteiger partial charge is 0.493 e. The van der Waals surface area contributed by atoms with Crippen molar-refractivity contribution in [2.24, 2.45) is 51.9 Å². The van der Waals surface area contributed by atoms with Crippen LogP contribution in [0.15, 0.2) is 110 Å². The van der Waals surface area contributed by atoms with Gasteiger partial charge in [0.05, 0.1) is 104 Å². The lowest BCUT2D eigenvalue weighted by Gasteiger charge is -2.29. The Labute approximate surface area is 730 Å². The summed E-state index contributed by atoms with van der Waals surface area (Å²) in [5, 5.41) is 31.3. The van der Waals surface area contributed by atoms with E-state index >= 15 is 0 Å². The normalized spacial score (nSPS) is 20.4. The molecule has 0 amide bonds. The summed E-state index contributed by atoms with van der Waals surface area (Å²) in [5.41, 5.74) is 12.9. The van der Waals surface area contributed by atoms with Crippen LogP contribution in [0.3, 0.4) is 0 Å². The van der Waals surface area contributed by atoms with Crippen LogP contribution >= 0.6 is 0 Å². The maximum atomic E-state index is 11.7. The number of likely N-dealkylation sites (tertiary alicyclic amines) is 2. The average molecular weight is 1700 g/mol. The number of piperidine rings is 2. The number of carbonyl (C=O) groups is 4. The number of carbonyl (C=O) groups excluding carboxylic acids is 4. The number of fused-ring (bicyclic) bond motifs is 4. The second-order valence-electron chi connectivity index (χ2n) is 36.1. The zero-order valence-electron chi connectivity index (χ0n) is 74.8. The number of pyridine rings is 4. The van der Waals surface area contributed by atoms with E-state index in [0.29, 0.717) is 128 Å². The highest BCUT2D eigenvalue weighted by Gasteiger charge is 2.35. The number of benzene rings is 2. The Morgan fingerprint density at radius 2 is 0.776 bits per heavy atom. The van der Waals surface area contributed by atoms with Crippen molar-refractivity contribution in [2.75, 3.05) is 60.6 Å². The molecule has 0 unspecified atom stereocenters. The first-order valence-corrected chi connectivity index (χ1v) is 44.9. The molecule has 4 aliphatic carbocycles. The molecule has 19 rings (SSSR count). The number of ether oxygens (including phenoxy) is 7. The van der Waals surface area contributed by atoms with Crippen molar-refractivity contribution in [2.45, 2.75) is 213 Å². The van der Waals surface area contributed by atoms with Gasteiger partial charge in [-0.25, -0.2) is 19.9 Å². The van der Waals surface area contributed by atoms with Crippen LogP contribution in [0.1, 0.15) is 186 Å². The summed E-state index contributed by atoms with van der Waals surface area (Å²) in [5.74, 6) is 6.54. The van der Waals surface area contributed by atoms with E-state index in [4.69, 9.17) is 58.2 Å². The number of Topliss-reactive ketones (excluding diaryl/α,β-unsaturated/α-hetero) is 4. The molecule has 125 heavy (non-hydrogen) atoms. The van der Waals surface area contributed by atoms with Crippen LogP contribution < -0.4 is 28.4 Å². The highest BCUT2D eigenvalue weighted by atomic mass is 16.5. The number of ketones is 4. The average Bonchev–Trinajstić information content (AvgIpc) is 1.69. The Hall–Kier alpha value is -11.3. The first-order chi connectivity index (χ1) is 60.2. The molecule has 4 saturated carbocycles. The minimum Gasteiger partial charge on any atom is -0.493 e. The SMILES string of the molecule is COc1cc(-c2cc3nn(C)cc3c(O[C@H](C)[C@H]3CCC(=O)C3)n2)ccc1OC(C)C.C[C@@H](Oc1nc(-c2ccc(C3CCN(C)CC3)cc2)cc2nn(C)cc12)[C@H]1CCC(=O)C1.C[C@@H](Oc1nc(-c2cnn(C3CCN(C)CC3)c2)cc2nn(C)cc12)[C@H]1CCC(=O)C1.Cc1nn(C2CCOCC2)cc1-c1cc2nn(C)cc2c(O[C@H](C)[C@H]2CCC(=O)C2)n1. The highest BCUT2D eigenvalue weighted by Crippen LogP contribution is 2.42. The third kappa shape index (κ3) is 20.6. The zero-order valence-corrected chi connectivity index (χ0v) is 74.8. The minimum absolute atomic E-state index is 0.0479. The number of rotatable bonds is 22. The van der Waals surface area contributed by atoms with E-state index in [-0.39, 0.29) is 54.2 Å². The molecule has 7 aliphatic rings. The van der Waals surface area contributed by atoms with Gasteiger partial charge in [-0.3, -0.25) is 47.3 Å². The quantitative estimate of drug-likeness (QED) is 0.0609. The summed E-state index contributed by atoms with van der Waals surface area (Å²) in [6, 6.07) is 23.4.